The summed E-state index contributed by atoms with van der Waals surface area (Å²) in [5.41, 5.74) is 1.92. The van der Waals surface area contributed by atoms with Crippen molar-refractivity contribution in [1.82, 2.24) is 5.32 Å². The predicted octanol–water partition coefficient (Wildman–Crippen LogP) is 1.91. The van der Waals surface area contributed by atoms with Gasteiger partial charge in [-0.3, -0.25) is 4.79 Å². The summed E-state index contributed by atoms with van der Waals surface area (Å²) in [5.74, 6) is 0.766. The van der Waals surface area contributed by atoms with Crippen molar-refractivity contribution in [3.05, 3.63) is 23.8 Å². The summed E-state index contributed by atoms with van der Waals surface area (Å²) in [4.78, 5) is 11.4. The second-order valence-electron chi connectivity index (χ2n) is 4.51. The lowest BCUT2D eigenvalue weighted by Gasteiger charge is -2.11. The highest BCUT2D eigenvalue weighted by Crippen LogP contribution is 2.27. The number of nitrogens with one attached hydrogen (secondary N) is 2. The van der Waals surface area contributed by atoms with Crippen molar-refractivity contribution in [3.8, 4) is 5.75 Å². The van der Waals surface area contributed by atoms with Crippen molar-refractivity contribution >= 4 is 11.6 Å². The fraction of sp³-hybridized carbons (Fsp3) is 0.462. The third kappa shape index (κ3) is 3.20. The van der Waals surface area contributed by atoms with Gasteiger partial charge >= 0.3 is 0 Å². The van der Waals surface area contributed by atoms with E-state index in [4.69, 9.17) is 4.74 Å². The number of amides is 1. The first kappa shape index (κ1) is 11.9. The molecule has 1 aliphatic heterocycles. The minimum Gasteiger partial charge on any atom is -0.491 e. The molecule has 1 amide bonds. The third-order valence-electron chi connectivity index (χ3n) is 2.62. The molecular formula is C13H18N2O2. The van der Waals surface area contributed by atoms with Gasteiger partial charge in [-0.15, -0.1) is 0 Å². The molecule has 1 aromatic carbocycles. The minimum atomic E-state index is 0.0118. The van der Waals surface area contributed by atoms with Gasteiger partial charge in [-0.2, -0.15) is 0 Å². The monoisotopic (exact) mass is 234 g/mol. The van der Waals surface area contributed by atoms with Gasteiger partial charge < -0.3 is 15.4 Å². The topological polar surface area (TPSA) is 50.4 Å². The molecule has 1 aliphatic rings. The van der Waals surface area contributed by atoms with Crippen LogP contribution < -0.4 is 15.4 Å². The maximum absolute atomic E-state index is 11.4. The van der Waals surface area contributed by atoms with Gasteiger partial charge in [0.05, 0.1) is 18.7 Å². The lowest BCUT2D eigenvalue weighted by atomic mass is 10.1. The summed E-state index contributed by atoms with van der Waals surface area (Å²) in [7, 11) is 0. The largest absolute Gasteiger partial charge is 0.491 e. The SMILES string of the molecule is CC(C)NCc1ccc2c(c1)NC(=O)CCO2. The third-order valence-corrected chi connectivity index (χ3v) is 2.62. The Morgan fingerprint density at radius 2 is 2.29 bits per heavy atom. The number of rotatable bonds is 3. The van der Waals surface area contributed by atoms with Gasteiger partial charge in [0.25, 0.3) is 0 Å². The van der Waals surface area contributed by atoms with Crippen LogP contribution in [0.2, 0.25) is 0 Å². The highest BCUT2D eigenvalue weighted by Gasteiger charge is 2.13. The normalized spacial score (nSPS) is 14.9. The Hall–Kier alpha value is -1.55. The maximum Gasteiger partial charge on any atom is 0.227 e. The van der Waals surface area contributed by atoms with Crippen molar-refractivity contribution in [2.24, 2.45) is 0 Å². The Balaban J connectivity index is 2.14. The van der Waals surface area contributed by atoms with Gasteiger partial charge in [-0.1, -0.05) is 19.9 Å². The molecule has 0 spiro atoms. The van der Waals surface area contributed by atoms with Crippen LogP contribution in [-0.2, 0) is 11.3 Å². The number of hydrogen-bond acceptors (Lipinski definition) is 3. The fourth-order valence-corrected chi connectivity index (χ4v) is 1.70. The van der Waals surface area contributed by atoms with E-state index in [9.17, 15) is 4.79 Å². The average molecular weight is 234 g/mol. The summed E-state index contributed by atoms with van der Waals surface area (Å²) in [6.45, 7) is 5.45. The first-order valence-corrected chi connectivity index (χ1v) is 5.94. The summed E-state index contributed by atoms with van der Waals surface area (Å²) >= 11 is 0. The maximum atomic E-state index is 11.4. The molecule has 0 aromatic heterocycles. The van der Waals surface area contributed by atoms with Gasteiger partial charge in [0, 0.05) is 12.6 Å². The van der Waals surface area contributed by atoms with Gasteiger partial charge in [0.15, 0.2) is 0 Å². The van der Waals surface area contributed by atoms with Crippen molar-refractivity contribution in [2.45, 2.75) is 32.9 Å². The van der Waals surface area contributed by atoms with Crippen molar-refractivity contribution in [2.75, 3.05) is 11.9 Å². The van der Waals surface area contributed by atoms with Crippen LogP contribution in [-0.4, -0.2) is 18.6 Å². The molecule has 0 unspecified atom stereocenters. The van der Waals surface area contributed by atoms with E-state index < -0.39 is 0 Å². The molecule has 0 saturated heterocycles. The molecule has 17 heavy (non-hydrogen) atoms. The van der Waals surface area contributed by atoms with E-state index in [0.717, 1.165) is 23.5 Å². The first-order chi connectivity index (χ1) is 8.15. The van der Waals surface area contributed by atoms with E-state index in [-0.39, 0.29) is 5.91 Å². The Bertz CT molecular complexity index is 416. The quantitative estimate of drug-likeness (QED) is 0.840. The average Bonchev–Trinajstić information content (AvgIpc) is 2.46. The van der Waals surface area contributed by atoms with Gasteiger partial charge in [0.2, 0.25) is 5.91 Å². The molecule has 2 N–H and O–H groups in total. The summed E-state index contributed by atoms with van der Waals surface area (Å²) in [5, 5.41) is 6.20. The molecule has 1 heterocycles. The molecule has 0 bridgehead atoms. The zero-order valence-corrected chi connectivity index (χ0v) is 10.2. The van der Waals surface area contributed by atoms with Crippen molar-refractivity contribution < 1.29 is 9.53 Å². The van der Waals surface area contributed by atoms with Crippen LogP contribution >= 0.6 is 0 Å². The summed E-state index contributed by atoms with van der Waals surface area (Å²) in [6, 6.07) is 6.34. The van der Waals surface area contributed by atoms with Crippen LogP contribution in [0.5, 0.6) is 5.75 Å². The fourth-order valence-electron chi connectivity index (χ4n) is 1.70. The molecule has 92 valence electrons. The van der Waals surface area contributed by atoms with E-state index in [1.807, 2.05) is 18.2 Å². The first-order valence-electron chi connectivity index (χ1n) is 5.94. The van der Waals surface area contributed by atoms with Gasteiger partial charge in [0.1, 0.15) is 5.75 Å². The molecule has 0 fully saturated rings. The van der Waals surface area contributed by atoms with Crippen LogP contribution in [0.15, 0.2) is 18.2 Å². The molecule has 0 atom stereocenters. The molecular weight excluding hydrogens is 216 g/mol. The lowest BCUT2D eigenvalue weighted by Crippen LogP contribution is -2.21. The van der Waals surface area contributed by atoms with Crippen LogP contribution in [0.1, 0.15) is 25.8 Å². The number of hydrogen-bond donors (Lipinski definition) is 2. The van der Waals surface area contributed by atoms with E-state index in [1.165, 1.54) is 0 Å². The number of fused-ring (bicyclic) bond motifs is 1. The number of anilines is 1. The Labute approximate surface area is 101 Å². The minimum absolute atomic E-state index is 0.0118. The smallest absolute Gasteiger partial charge is 0.227 e. The second kappa shape index (κ2) is 5.19. The Kier molecular flexibility index (Phi) is 3.64. The van der Waals surface area contributed by atoms with E-state index >= 15 is 0 Å². The highest BCUT2D eigenvalue weighted by molar-refractivity contribution is 5.93. The number of benzene rings is 1. The zero-order chi connectivity index (χ0) is 12.3. The Morgan fingerprint density at radius 1 is 1.47 bits per heavy atom. The van der Waals surface area contributed by atoms with E-state index in [1.54, 1.807) is 0 Å². The molecule has 2 rings (SSSR count). The molecule has 4 nitrogen and oxygen atoms in total. The molecule has 0 radical (unpaired) electrons. The lowest BCUT2D eigenvalue weighted by molar-refractivity contribution is -0.116. The summed E-state index contributed by atoms with van der Waals surface area (Å²) in [6.07, 6.45) is 0.411. The van der Waals surface area contributed by atoms with Crippen LogP contribution in [0.4, 0.5) is 5.69 Å². The standard InChI is InChI=1S/C13H18N2O2/c1-9(2)14-8-10-3-4-12-11(7-10)15-13(16)5-6-17-12/h3-4,7,9,14H,5-6,8H2,1-2H3,(H,15,16). The Morgan fingerprint density at radius 3 is 3.06 bits per heavy atom. The van der Waals surface area contributed by atoms with Crippen molar-refractivity contribution in [1.29, 1.82) is 0 Å². The number of carbonyl (C=O) groups is 1. The number of ether oxygens (including phenoxy) is 1. The number of carbonyl (C=O) groups excluding carboxylic acids is 1. The highest BCUT2D eigenvalue weighted by atomic mass is 16.5. The van der Waals surface area contributed by atoms with Gasteiger partial charge in [-0.05, 0) is 17.7 Å². The van der Waals surface area contributed by atoms with Gasteiger partial charge in [-0.25, -0.2) is 0 Å². The molecule has 0 aliphatic carbocycles. The molecule has 1 aromatic rings. The zero-order valence-electron chi connectivity index (χ0n) is 10.2. The van der Waals surface area contributed by atoms with Crippen LogP contribution in [0.3, 0.4) is 0 Å². The second-order valence-corrected chi connectivity index (χ2v) is 4.51. The van der Waals surface area contributed by atoms with E-state index in [2.05, 4.69) is 24.5 Å². The predicted molar refractivity (Wildman–Crippen MR) is 67.2 cm³/mol. The summed E-state index contributed by atoms with van der Waals surface area (Å²) < 4.78 is 5.50. The van der Waals surface area contributed by atoms with E-state index in [0.29, 0.717) is 19.1 Å². The van der Waals surface area contributed by atoms with Crippen molar-refractivity contribution in [3.63, 3.8) is 0 Å². The molecule has 0 saturated carbocycles. The van der Waals surface area contributed by atoms with Crippen LogP contribution in [0, 0.1) is 0 Å². The molecule has 4 heteroatoms. The van der Waals surface area contributed by atoms with Crippen LogP contribution in [0.25, 0.3) is 0 Å².